The number of ether oxygens (including phenoxy) is 2. The number of morpholine rings is 1. The first-order chi connectivity index (χ1) is 12.6. The second-order valence-electron chi connectivity index (χ2n) is 8.85. The molecule has 4 fully saturated rings. The minimum Gasteiger partial charge on any atom is -1.00 e. The zero-order chi connectivity index (χ0) is 17.9. The van der Waals surface area contributed by atoms with Gasteiger partial charge in [0.25, 0.3) is 0 Å². The van der Waals surface area contributed by atoms with Crippen LogP contribution in [0, 0.1) is 5.92 Å². The molecule has 1 aromatic carbocycles. The van der Waals surface area contributed by atoms with Gasteiger partial charge in [-0.05, 0) is 18.4 Å². The zero-order valence-electron chi connectivity index (χ0n) is 15.7. The molecule has 7 atom stereocenters. The molecule has 1 N–H and O–H groups in total. The predicted molar refractivity (Wildman–Crippen MR) is 95.4 cm³/mol. The number of hydrogen-bond donors (Lipinski definition) is 1. The van der Waals surface area contributed by atoms with E-state index in [4.69, 9.17) is 9.47 Å². The van der Waals surface area contributed by atoms with Gasteiger partial charge >= 0.3 is 5.97 Å². The molecule has 1 aromatic rings. The lowest BCUT2D eigenvalue weighted by Gasteiger charge is -2.48. The third-order valence-corrected chi connectivity index (χ3v) is 7.14. The van der Waals surface area contributed by atoms with Gasteiger partial charge in [-0.25, -0.2) is 0 Å². The largest absolute Gasteiger partial charge is 1.00 e. The third kappa shape index (κ3) is 3.35. The molecular weight excluding hydrogens is 410 g/mol. The third-order valence-electron chi connectivity index (χ3n) is 7.14. The van der Waals surface area contributed by atoms with Crippen LogP contribution in [0.25, 0.3) is 0 Å². The number of piperidine rings is 1. The smallest absolute Gasteiger partial charge is 0.316 e. The quantitative estimate of drug-likeness (QED) is 0.346. The molecule has 0 spiro atoms. The van der Waals surface area contributed by atoms with Crippen LogP contribution in [0.3, 0.4) is 0 Å². The van der Waals surface area contributed by atoms with Crippen molar-refractivity contribution in [3.05, 3.63) is 35.9 Å². The van der Waals surface area contributed by atoms with Gasteiger partial charge in [0.2, 0.25) is 0 Å². The normalized spacial score (nSPS) is 39.9. The topological polar surface area (TPSA) is 59.1 Å². The second-order valence-corrected chi connectivity index (χ2v) is 8.85. The number of epoxide rings is 1. The Morgan fingerprint density at radius 3 is 2.41 bits per heavy atom. The average molecular weight is 438 g/mol. The van der Waals surface area contributed by atoms with Gasteiger partial charge in [0.1, 0.15) is 36.3 Å². The van der Waals surface area contributed by atoms with Crippen LogP contribution >= 0.6 is 0 Å². The van der Waals surface area contributed by atoms with Crippen molar-refractivity contribution in [2.24, 2.45) is 5.92 Å². The highest BCUT2D eigenvalue weighted by Crippen LogP contribution is 2.54. The monoisotopic (exact) mass is 437 g/mol. The summed E-state index contributed by atoms with van der Waals surface area (Å²) in [7, 11) is 2.39. The van der Waals surface area contributed by atoms with Gasteiger partial charge in [-0.1, -0.05) is 30.3 Å². The maximum atomic E-state index is 12.7. The number of nitrogens with zero attached hydrogens (tertiary/aromatic N) is 1. The van der Waals surface area contributed by atoms with E-state index < -0.39 is 5.92 Å². The highest BCUT2D eigenvalue weighted by molar-refractivity contribution is 5.78. The summed E-state index contributed by atoms with van der Waals surface area (Å²) in [5, 5.41) is 9.71. The number of esters is 1. The van der Waals surface area contributed by atoms with Crippen molar-refractivity contribution >= 4 is 5.97 Å². The number of halogens is 1. The SMILES string of the molecule is C[N+]1(CC2CC2)[C@H]2CC(OC(=O)[C@@H](CO)c3ccccc3)C[C@H]1[C@H]1O[C@H]12.[Br-]. The second kappa shape index (κ2) is 7.14. The van der Waals surface area contributed by atoms with Crippen molar-refractivity contribution in [2.45, 2.75) is 62.0 Å². The lowest BCUT2D eigenvalue weighted by atomic mass is 9.94. The van der Waals surface area contributed by atoms with Gasteiger partial charge in [-0.3, -0.25) is 4.79 Å². The molecular formula is C21H28BrNO4. The molecule has 0 amide bonds. The van der Waals surface area contributed by atoms with E-state index in [0.29, 0.717) is 24.3 Å². The summed E-state index contributed by atoms with van der Waals surface area (Å²) in [6, 6.07) is 10.4. The van der Waals surface area contributed by atoms with Crippen LogP contribution < -0.4 is 17.0 Å². The lowest BCUT2D eigenvalue weighted by Crippen LogP contribution is -3.00. The molecule has 1 saturated carbocycles. The first-order valence-electron chi connectivity index (χ1n) is 9.97. The summed E-state index contributed by atoms with van der Waals surface area (Å²) in [5.41, 5.74) is 0.819. The number of carbonyl (C=O) groups is 1. The number of aliphatic hydroxyl groups is 1. The first-order valence-corrected chi connectivity index (χ1v) is 9.97. The highest BCUT2D eigenvalue weighted by Gasteiger charge is 2.72. The van der Waals surface area contributed by atoms with Crippen LogP contribution in [0.4, 0.5) is 0 Å². The Morgan fingerprint density at radius 2 is 1.85 bits per heavy atom. The van der Waals surface area contributed by atoms with Crippen LogP contribution in [0.1, 0.15) is 37.2 Å². The Kier molecular flexibility index (Phi) is 5.12. The molecule has 0 aromatic heterocycles. The summed E-state index contributed by atoms with van der Waals surface area (Å²) in [4.78, 5) is 12.7. The average Bonchev–Trinajstić information content (AvgIpc) is 3.51. The molecule has 1 aliphatic carbocycles. The molecule has 3 saturated heterocycles. The van der Waals surface area contributed by atoms with E-state index in [0.717, 1.165) is 28.8 Å². The minimum absolute atomic E-state index is 0. The van der Waals surface area contributed by atoms with Crippen LogP contribution in [0.5, 0.6) is 0 Å². The van der Waals surface area contributed by atoms with E-state index in [1.807, 2.05) is 30.3 Å². The van der Waals surface area contributed by atoms with Gasteiger partial charge in [0.05, 0.1) is 20.2 Å². The van der Waals surface area contributed by atoms with E-state index in [1.54, 1.807) is 0 Å². The van der Waals surface area contributed by atoms with E-state index in [-0.39, 0.29) is 35.7 Å². The zero-order valence-corrected chi connectivity index (χ0v) is 17.3. The van der Waals surface area contributed by atoms with Gasteiger partial charge in [0, 0.05) is 18.8 Å². The molecule has 148 valence electrons. The first kappa shape index (κ1) is 19.4. The molecule has 4 aliphatic rings. The molecule has 27 heavy (non-hydrogen) atoms. The fraction of sp³-hybridized carbons (Fsp3) is 0.667. The number of rotatable bonds is 6. The molecule has 5 rings (SSSR count). The molecule has 3 aliphatic heterocycles. The Hall–Kier alpha value is -0.950. The molecule has 3 heterocycles. The summed E-state index contributed by atoms with van der Waals surface area (Å²) in [5.74, 6) is 0.00309. The number of aliphatic hydroxyl groups excluding tert-OH is 1. The number of carbonyl (C=O) groups excluding carboxylic acids is 1. The summed E-state index contributed by atoms with van der Waals surface area (Å²) >= 11 is 0. The van der Waals surface area contributed by atoms with E-state index in [9.17, 15) is 9.90 Å². The fourth-order valence-electron chi connectivity index (χ4n) is 5.53. The highest BCUT2D eigenvalue weighted by atomic mass is 79.9. The van der Waals surface area contributed by atoms with Gasteiger partial charge < -0.3 is 36.0 Å². The Labute approximate surface area is 171 Å². The standard InChI is InChI=1S/C21H28NO4.BrH/c1-22(11-13-7-8-13)17-9-15(10-18(22)20-19(17)26-20)25-21(24)16(12-23)14-5-3-2-4-6-14;/h2-6,13,15-20,23H,7-12H2,1H3;1H/q+1;/p-1/t15?,16-,17-,18-,19-,20+,22?;/m0./s1. The van der Waals surface area contributed by atoms with E-state index in [1.165, 1.54) is 19.4 Å². The van der Waals surface area contributed by atoms with Crippen LogP contribution in [0.2, 0.25) is 0 Å². The minimum atomic E-state index is -0.589. The maximum absolute atomic E-state index is 12.7. The van der Waals surface area contributed by atoms with Crippen molar-refractivity contribution in [3.63, 3.8) is 0 Å². The predicted octanol–water partition coefficient (Wildman–Crippen LogP) is -1.15. The van der Waals surface area contributed by atoms with E-state index in [2.05, 4.69) is 7.05 Å². The molecule has 6 heteroatoms. The number of quaternary nitrogens is 1. The number of fused-ring (bicyclic) bond motifs is 5. The molecule has 0 radical (unpaired) electrons. The van der Waals surface area contributed by atoms with Gasteiger partial charge in [-0.2, -0.15) is 0 Å². The number of likely N-dealkylation sites (N-methyl/N-ethyl adjacent to an activating group) is 1. The van der Waals surface area contributed by atoms with Crippen molar-refractivity contribution in [2.75, 3.05) is 20.2 Å². The van der Waals surface area contributed by atoms with Gasteiger partial charge in [0.15, 0.2) is 0 Å². The summed E-state index contributed by atoms with van der Waals surface area (Å²) in [6.07, 6.45) is 5.22. The van der Waals surface area contributed by atoms with Crippen molar-refractivity contribution in [1.29, 1.82) is 0 Å². The fourth-order valence-corrected chi connectivity index (χ4v) is 5.53. The summed E-state index contributed by atoms with van der Waals surface area (Å²) in [6.45, 7) is 1.04. The van der Waals surface area contributed by atoms with Crippen LogP contribution in [0.15, 0.2) is 30.3 Å². The summed E-state index contributed by atoms with van der Waals surface area (Å²) < 4.78 is 12.9. The number of benzene rings is 1. The molecule has 5 nitrogen and oxygen atoms in total. The Balaban J connectivity index is 0.00000180. The Bertz CT molecular complexity index is 677. The van der Waals surface area contributed by atoms with Crippen molar-refractivity contribution in [3.8, 4) is 0 Å². The van der Waals surface area contributed by atoms with E-state index >= 15 is 0 Å². The molecule has 2 unspecified atom stereocenters. The van der Waals surface area contributed by atoms with Crippen molar-refractivity contribution in [1.82, 2.24) is 0 Å². The van der Waals surface area contributed by atoms with Gasteiger partial charge in [-0.15, -0.1) is 0 Å². The van der Waals surface area contributed by atoms with Crippen molar-refractivity contribution < 1.29 is 40.8 Å². The van der Waals surface area contributed by atoms with Crippen LogP contribution in [-0.2, 0) is 14.3 Å². The lowest BCUT2D eigenvalue weighted by molar-refractivity contribution is -0.957. The van der Waals surface area contributed by atoms with Crippen LogP contribution in [-0.4, -0.2) is 66.2 Å². The molecule has 2 bridgehead atoms. The number of hydrogen-bond acceptors (Lipinski definition) is 4. The Morgan fingerprint density at radius 1 is 1.22 bits per heavy atom. The maximum Gasteiger partial charge on any atom is 0.316 e.